The van der Waals surface area contributed by atoms with Gasteiger partial charge in [-0.1, -0.05) is 19.1 Å². The number of fused-ring (bicyclic) bond motifs is 1. The predicted molar refractivity (Wildman–Crippen MR) is 103 cm³/mol. The van der Waals surface area contributed by atoms with Crippen LogP contribution in [-0.2, 0) is 13.0 Å². The lowest BCUT2D eigenvalue weighted by Gasteiger charge is -2.17. The molecule has 7 heteroatoms. The molecule has 0 bridgehead atoms. The van der Waals surface area contributed by atoms with Gasteiger partial charge in [-0.2, -0.15) is 0 Å². The van der Waals surface area contributed by atoms with Crippen LogP contribution in [0.5, 0.6) is 0 Å². The molecule has 0 radical (unpaired) electrons. The Balaban J connectivity index is 1.40. The maximum absolute atomic E-state index is 5.79. The smallest absolute Gasteiger partial charge is 0.249 e. The van der Waals surface area contributed by atoms with Gasteiger partial charge in [-0.05, 0) is 37.2 Å². The van der Waals surface area contributed by atoms with E-state index < -0.39 is 0 Å². The molecule has 0 unspecified atom stereocenters. The molecule has 0 saturated heterocycles. The van der Waals surface area contributed by atoms with E-state index in [9.17, 15) is 0 Å². The average Bonchev–Trinajstić information content (AvgIpc) is 3.33. The monoisotopic (exact) mass is 362 g/mol. The number of imidazole rings is 1. The lowest BCUT2D eigenvalue weighted by Crippen LogP contribution is -2.25. The van der Waals surface area contributed by atoms with Crippen LogP contribution in [0.2, 0.25) is 0 Å². The van der Waals surface area contributed by atoms with Crippen LogP contribution in [0.1, 0.15) is 24.2 Å². The van der Waals surface area contributed by atoms with Gasteiger partial charge >= 0.3 is 0 Å². The van der Waals surface area contributed by atoms with Crippen LogP contribution in [0.4, 0.5) is 0 Å². The van der Waals surface area contributed by atoms with Crippen molar-refractivity contribution in [1.29, 1.82) is 0 Å². The predicted octanol–water partition coefficient (Wildman–Crippen LogP) is 3.38. The molecule has 0 atom stereocenters. The highest BCUT2D eigenvalue weighted by atomic mass is 16.4. The maximum atomic E-state index is 5.79. The minimum absolute atomic E-state index is 0.502. The van der Waals surface area contributed by atoms with Crippen LogP contribution in [0.25, 0.3) is 22.5 Å². The summed E-state index contributed by atoms with van der Waals surface area (Å²) in [7, 11) is 0. The number of pyridine rings is 1. The highest BCUT2D eigenvalue weighted by Crippen LogP contribution is 2.18. The van der Waals surface area contributed by atoms with Gasteiger partial charge in [0.25, 0.3) is 0 Å². The fraction of sp³-hybridized carbons (Fsp3) is 0.300. The van der Waals surface area contributed by atoms with Crippen molar-refractivity contribution in [2.75, 3.05) is 13.1 Å². The summed E-state index contributed by atoms with van der Waals surface area (Å²) in [6, 6.07) is 9.96. The van der Waals surface area contributed by atoms with Gasteiger partial charge in [-0.25, -0.2) is 4.98 Å². The highest BCUT2D eigenvalue weighted by Gasteiger charge is 2.13. The van der Waals surface area contributed by atoms with Crippen molar-refractivity contribution in [3.8, 4) is 11.5 Å². The fourth-order valence-corrected chi connectivity index (χ4v) is 3.07. The highest BCUT2D eigenvalue weighted by molar-refractivity contribution is 5.78. The van der Waals surface area contributed by atoms with Gasteiger partial charge in [0.05, 0.1) is 23.1 Å². The molecular formula is C20H22N6O. The Kier molecular flexibility index (Phi) is 4.93. The molecule has 0 amide bonds. The van der Waals surface area contributed by atoms with E-state index in [1.165, 1.54) is 5.56 Å². The van der Waals surface area contributed by atoms with Gasteiger partial charge in [-0.3, -0.25) is 9.88 Å². The zero-order valence-electron chi connectivity index (χ0n) is 15.5. The number of nitrogens with zero attached hydrogens (tertiary/aromatic N) is 5. The molecule has 0 aliphatic rings. The van der Waals surface area contributed by atoms with E-state index in [0.29, 0.717) is 18.3 Å². The van der Waals surface area contributed by atoms with Crippen LogP contribution < -0.4 is 0 Å². The number of rotatable bonds is 7. The standard InChI is InChI=1S/C20H22N6O/c1-3-26(11-9-17-22-16-8-4-6-14(2)19(16)23-17)13-18-24-25-20(27-18)15-7-5-10-21-12-15/h4-8,10,12H,3,9,11,13H2,1-2H3,(H,22,23). The molecule has 0 spiro atoms. The third-order valence-electron chi connectivity index (χ3n) is 4.61. The van der Waals surface area contributed by atoms with Crippen LogP contribution >= 0.6 is 0 Å². The Hall–Kier alpha value is -3.06. The maximum Gasteiger partial charge on any atom is 0.249 e. The summed E-state index contributed by atoms with van der Waals surface area (Å²) in [4.78, 5) is 14.5. The molecule has 3 aromatic heterocycles. The molecule has 4 rings (SSSR count). The van der Waals surface area contributed by atoms with E-state index in [2.05, 4.69) is 51.0 Å². The van der Waals surface area contributed by atoms with Gasteiger partial charge < -0.3 is 9.40 Å². The summed E-state index contributed by atoms with van der Waals surface area (Å²) in [6.45, 7) is 6.58. The van der Waals surface area contributed by atoms with Crippen LogP contribution in [-0.4, -0.2) is 43.1 Å². The first-order chi connectivity index (χ1) is 13.2. The quantitative estimate of drug-likeness (QED) is 0.543. The molecule has 27 heavy (non-hydrogen) atoms. The Bertz CT molecular complexity index is 1020. The molecule has 3 heterocycles. The fourth-order valence-electron chi connectivity index (χ4n) is 3.07. The number of H-pyrrole nitrogens is 1. The minimum Gasteiger partial charge on any atom is -0.419 e. The van der Waals surface area contributed by atoms with Crippen molar-refractivity contribution in [1.82, 2.24) is 30.0 Å². The van der Waals surface area contributed by atoms with Crippen LogP contribution in [0.15, 0.2) is 47.1 Å². The summed E-state index contributed by atoms with van der Waals surface area (Å²) >= 11 is 0. The third-order valence-corrected chi connectivity index (χ3v) is 4.61. The Morgan fingerprint density at radius 2 is 2.07 bits per heavy atom. The average molecular weight is 362 g/mol. The van der Waals surface area contributed by atoms with Crippen molar-refractivity contribution in [3.63, 3.8) is 0 Å². The molecule has 0 aliphatic carbocycles. The number of benzene rings is 1. The Morgan fingerprint density at radius 1 is 1.15 bits per heavy atom. The number of likely N-dealkylation sites (N-methyl/N-ethyl adjacent to an activating group) is 1. The number of aryl methyl sites for hydroxylation is 1. The molecule has 1 aromatic carbocycles. The minimum atomic E-state index is 0.502. The summed E-state index contributed by atoms with van der Waals surface area (Å²) in [5.41, 5.74) is 4.16. The molecule has 4 aromatic rings. The largest absolute Gasteiger partial charge is 0.419 e. The molecule has 0 aliphatic heterocycles. The first-order valence-electron chi connectivity index (χ1n) is 9.12. The molecule has 0 saturated carbocycles. The second kappa shape index (κ2) is 7.67. The van der Waals surface area contributed by atoms with Crippen molar-refractivity contribution in [2.24, 2.45) is 0 Å². The van der Waals surface area contributed by atoms with E-state index in [4.69, 9.17) is 9.40 Å². The van der Waals surface area contributed by atoms with Gasteiger partial charge in [0.2, 0.25) is 11.8 Å². The van der Waals surface area contributed by atoms with Crippen molar-refractivity contribution in [2.45, 2.75) is 26.8 Å². The van der Waals surface area contributed by atoms with E-state index in [1.807, 2.05) is 18.2 Å². The number of hydrogen-bond acceptors (Lipinski definition) is 6. The van der Waals surface area contributed by atoms with Gasteiger partial charge in [0.15, 0.2) is 0 Å². The summed E-state index contributed by atoms with van der Waals surface area (Å²) in [5.74, 6) is 2.11. The number of hydrogen-bond donors (Lipinski definition) is 1. The van der Waals surface area contributed by atoms with Gasteiger partial charge in [0, 0.05) is 25.4 Å². The number of aromatic nitrogens is 5. The second-order valence-corrected chi connectivity index (χ2v) is 6.52. The molecule has 138 valence electrons. The van der Waals surface area contributed by atoms with E-state index in [0.717, 1.165) is 41.9 Å². The summed E-state index contributed by atoms with van der Waals surface area (Å²) in [6.07, 6.45) is 4.28. The number of aromatic amines is 1. The number of nitrogens with one attached hydrogen (secondary N) is 1. The topological polar surface area (TPSA) is 83.7 Å². The van der Waals surface area contributed by atoms with E-state index >= 15 is 0 Å². The SMILES string of the molecule is CCN(CCc1nc2c(C)cccc2[nH]1)Cc1nnc(-c2cccnc2)o1. The van der Waals surface area contributed by atoms with Crippen molar-refractivity contribution in [3.05, 3.63) is 60.0 Å². The van der Waals surface area contributed by atoms with Crippen LogP contribution in [0.3, 0.4) is 0 Å². The summed E-state index contributed by atoms with van der Waals surface area (Å²) in [5, 5.41) is 8.30. The lowest BCUT2D eigenvalue weighted by molar-refractivity contribution is 0.253. The van der Waals surface area contributed by atoms with Crippen LogP contribution in [0, 0.1) is 6.92 Å². The molecule has 1 N–H and O–H groups in total. The third kappa shape index (κ3) is 3.88. The van der Waals surface area contributed by atoms with Gasteiger partial charge in [0.1, 0.15) is 5.82 Å². The Morgan fingerprint density at radius 3 is 2.85 bits per heavy atom. The lowest BCUT2D eigenvalue weighted by atomic mass is 10.2. The second-order valence-electron chi connectivity index (χ2n) is 6.52. The molecular weight excluding hydrogens is 340 g/mol. The normalized spacial score (nSPS) is 11.5. The zero-order chi connectivity index (χ0) is 18.6. The van der Waals surface area contributed by atoms with Gasteiger partial charge in [-0.15, -0.1) is 10.2 Å². The Labute approximate surface area is 157 Å². The first-order valence-corrected chi connectivity index (χ1v) is 9.12. The van der Waals surface area contributed by atoms with E-state index in [-0.39, 0.29) is 0 Å². The van der Waals surface area contributed by atoms with Crippen molar-refractivity contribution < 1.29 is 4.42 Å². The summed E-state index contributed by atoms with van der Waals surface area (Å²) < 4.78 is 5.79. The zero-order valence-corrected chi connectivity index (χ0v) is 15.5. The first kappa shape index (κ1) is 17.4. The van der Waals surface area contributed by atoms with E-state index in [1.54, 1.807) is 12.4 Å². The van der Waals surface area contributed by atoms with Crippen molar-refractivity contribution >= 4 is 11.0 Å². The molecule has 7 nitrogen and oxygen atoms in total. The number of para-hydroxylation sites is 1. The molecule has 0 fully saturated rings.